The average Bonchev–Trinajstić information content (AvgIpc) is 3.86. The molecule has 0 radical (unpaired) electrons. The lowest BCUT2D eigenvalue weighted by Crippen LogP contribution is -2.32. The molecule has 5 nitrogen and oxygen atoms in total. The number of hydrogen-bond donors (Lipinski definition) is 1. The second-order valence-corrected chi connectivity index (χ2v) is 12.1. The van der Waals surface area contributed by atoms with Crippen LogP contribution in [-0.4, -0.2) is 23.9 Å². The van der Waals surface area contributed by atoms with Crippen LogP contribution >= 0.6 is 0 Å². The van der Waals surface area contributed by atoms with Crippen molar-refractivity contribution in [2.45, 2.75) is 78.0 Å². The zero-order chi connectivity index (χ0) is 32.8. The van der Waals surface area contributed by atoms with Gasteiger partial charge in [0, 0.05) is 29.9 Å². The molecule has 1 saturated carbocycles. The number of alkyl halides is 3. The number of ether oxygens (including phenoxy) is 1. The van der Waals surface area contributed by atoms with Gasteiger partial charge >= 0.3 is 6.36 Å². The Bertz CT molecular complexity index is 1700. The molecule has 1 amide bonds. The van der Waals surface area contributed by atoms with Crippen LogP contribution in [0.1, 0.15) is 80.5 Å². The monoisotopic (exact) mass is 628 g/mol. The zero-order valence-corrected chi connectivity index (χ0v) is 26.3. The molecule has 240 valence electrons. The quantitative estimate of drug-likeness (QED) is 0.160. The molecule has 3 aromatic rings. The van der Waals surface area contributed by atoms with Crippen molar-refractivity contribution in [3.63, 3.8) is 0 Å². The summed E-state index contributed by atoms with van der Waals surface area (Å²) in [5.41, 5.74) is 7.90. The molecule has 1 fully saturated rings. The number of ketones is 1. The Hall–Kier alpha value is -4.46. The predicted molar refractivity (Wildman–Crippen MR) is 177 cm³/mol. The Morgan fingerprint density at radius 3 is 2.54 bits per heavy atom. The van der Waals surface area contributed by atoms with Crippen LogP contribution in [0.2, 0.25) is 0 Å². The van der Waals surface area contributed by atoms with Crippen molar-refractivity contribution >= 4 is 34.4 Å². The maximum atomic E-state index is 13.6. The Labute approximate surface area is 268 Å². The highest BCUT2D eigenvalue weighted by Gasteiger charge is 2.32. The largest absolute Gasteiger partial charge is 0.573 e. The fourth-order valence-corrected chi connectivity index (χ4v) is 5.64. The van der Waals surface area contributed by atoms with E-state index in [9.17, 15) is 22.8 Å². The molecular formula is C38H39F3N2O3. The van der Waals surface area contributed by atoms with Gasteiger partial charge in [0.1, 0.15) is 11.6 Å². The van der Waals surface area contributed by atoms with Gasteiger partial charge in [0.15, 0.2) is 5.78 Å². The number of nitrogens with one attached hydrogen (secondary N) is 1. The van der Waals surface area contributed by atoms with Crippen LogP contribution in [0.5, 0.6) is 5.75 Å². The number of hydrogen-bond acceptors (Lipinski definition) is 4. The highest BCUT2D eigenvalue weighted by atomic mass is 19.4. The number of allylic oxidation sites excluding steroid dienone is 2. The van der Waals surface area contributed by atoms with Crippen LogP contribution in [0.4, 0.5) is 18.9 Å². The summed E-state index contributed by atoms with van der Waals surface area (Å²) in [4.78, 5) is 30.5. The molecule has 0 saturated heterocycles. The van der Waals surface area contributed by atoms with Gasteiger partial charge < -0.3 is 10.1 Å². The van der Waals surface area contributed by atoms with Crippen LogP contribution in [0.3, 0.4) is 0 Å². The van der Waals surface area contributed by atoms with Crippen LogP contribution in [-0.2, 0) is 16.0 Å². The lowest BCUT2D eigenvalue weighted by molar-refractivity contribution is -0.274. The van der Waals surface area contributed by atoms with Gasteiger partial charge in [-0.15, -0.1) is 13.2 Å². The van der Waals surface area contributed by atoms with Crippen molar-refractivity contribution in [3.8, 4) is 16.9 Å². The van der Waals surface area contributed by atoms with Crippen LogP contribution < -0.4 is 10.1 Å². The van der Waals surface area contributed by atoms with E-state index in [0.29, 0.717) is 43.5 Å². The van der Waals surface area contributed by atoms with Gasteiger partial charge in [0.2, 0.25) is 5.91 Å². The number of aliphatic imine (C=N–C) groups is 1. The van der Waals surface area contributed by atoms with Gasteiger partial charge in [-0.25, -0.2) is 4.99 Å². The van der Waals surface area contributed by atoms with Gasteiger partial charge in [0.25, 0.3) is 0 Å². The number of unbranched alkanes of at least 4 members (excludes halogenated alkanes) is 2. The van der Waals surface area contributed by atoms with E-state index in [-0.39, 0.29) is 23.4 Å². The minimum absolute atomic E-state index is 0.0324. The third kappa shape index (κ3) is 8.62. The molecule has 2 aliphatic rings. The van der Waals surface area contributed by atoms with Crippen molar-refractivity contribution < 1.29 is 27.5 Å². The van der Waals surface area contributed by atoms with Crippen LogP contribution in [0.25, 0.3) is 22.3 Å². The summed E-state index contributed by atoms with van der Waals surface area (Å²) in [6.07, 6.45) is 3.48. The van der Waals surface area contributed by atoms with E-state index in [2.05, 4.69) is 46.7 Å². The number of fused-ring (bicyclic) bond motifs is 1. The molecule has 1 aliphatic heterocycles. The highest BCUT2D eigenvalue weighted by molar-refractivity contribution is 6.21. The Kier molecular flexibility index (Phi) is 10.2. The fourth-order valence-electron chi connectivity index (χ4n) is 5.64. The summed E-state index contributed by atoms with van der Waals surface area (Å²) in [6.45, 7) is 8.34. The molecule has 5 rings (SSSR count). The Balaban J connectivity index is 1.28. The Morgan fingerprint density at radius 2 is 1.80 bits per heavy atom. The third-order valence-corrected chi connectivity index (χ3v) is 8.28. The average molecular weight is 629 g/mol. The summed E-state index contributed by atoms with van der Waals surface area (Å²) < 4.78 is 41.8. The van der Waals surface area contributed by atoms with Gasteiger partial charge in [-0.05, 0) is 109 Å². The number of carbonyl (C=O) groups is 2. The lowest BCUT2D eigenvalue weighted by atomic mass is 9.89. The Morgan fingerprint density at radius 1 is 1.04 bits per heavy atom. The molecule has 1 heterocycles. The first kappa shape index (κ1) is 32.9. The van der Waals surface area contributed by atoms with Gasteiger partial charge in [-0.2, -0.15) is 0 Å². The smallest absolute Gasteiger partial charge is 0.406 e. The SMILES string of the molecule is C=C1CC(NC(=O)C2CC2)=Nc2ccc(-c3ccc(C)c(/C(=C\CCC)C(=O)CCCCc4cccc(OC(F)(F)F)c4)c3)cc21. The second kappa shape index (κ2) is 14.3. The van der Waals surface area contributed by atoms with E-state index in [1.165, 1.54) is 12.1 Å². The number of aryl methyl sites for hydroxylation is 2. The number of carbonyl (C=O) groups excluding carboxylic acids is 2. The number of amides is 1. The molecular weight excluding hydrogens is 589 g/mol. The topological polar surface area (TPSA) is 67.8 Å². The summed E-state index contributed by atoms with van der Waals surface area (Å²) in [7, 11) is 0. The normalized spacial score (nSPS) is 14.8. The van der Waals surface area contributed by atoms with Crippen molar-refractivity contribution in [1.82, 2.24) is 5.32 Å². The minimum Gasteiger partial charge on any atom is -0.406 e. The lowest BCUT2D eigenvalue weighted by Gasteiger charge is -2.20. The summed E-state index contributed by atoms with van der Waals surface area (Å²) in [5.74, 6) is 0.584. The first-order chi connectivity index (χ1) is 22.0. The number of nitrogens with zero attached hydrogens (tertiary/aromatic N) is 1. The minimum atomic E-state index is -4.73. The first-order valence-electron chi connectivity index (χ1n) is 15.9. The van der Waals surface area contributed by atoms with Crippen molar-refractivity contribution in [3.05, 3.63) is 95.6 Å². The van der Waals surface area contributed by atoms with E-state index in [4.69, 9.17) is 0 Å². The molecule has 46 heavy (non-hydrogen) atoms. The number of rotatable bonds is 12. The predicted octanol–water partition coefficient (Wildman–Crippen LogP) is 9.70. The van der Waals surface area contributed by atoms with E-state index in [1.54, 1.807) is 12.1 Å². The molecule has 0 aromatic heterocycles. The van der Waals surface area contributed by atoms with Crippen LogP contribution in [0, 0.1) is 12.8 Å². The number of halogens is 3. The van der Waals surface area contributed by atoms with Crippen molar-refractivity contribution in [1.29, 1.82) is 0 Å². The summed E-state index contributed by atoms with van der Waals surface area (Å²) in [6, 6.07) is 18.2. The van der Waals surface area contributed by atoms with Crippen LogP contribution in [0.15, 0.2) is 78.3 Å². The molecule has 1 N–H and O–H groups in total. The molecule has 0 unspecified atom stereocenters. The van der Waals surface area contributed by atoms with E-state index in [0.717, 1.165) is 70.3 Å². The molecule has 0 spiro atoms. The van der Waals surface area contributed by atoms with Crippen molar-refractivity contribution in [2.24, 2.45) is 10.9 Å². The molecule has 0 bridgehead atoms. The maximum absolute atomic E-state index is 13.6. The zero-order valence-electron chi connectivity index (χ0n) is 26.3. The number of amidine groups is 1. The molecule has 8 heteroatoms. The molecule has 0 atom stereocenters. The highest BCUT2D eigenvalue weighted by Crippen LogP contribution is 2.37. The second-order valence-electron chi connectivity index (χ2n) is 12.1. The maximum Gasteiger partial charge on any atom is 0.573 e. The summed E-state index contributed by atoms with van der Waals surface area (Å²) >= 11 is 0. The van der Waals surface area contributed by atoms with E-state index in [1.807, 2.05) is 31.2 Å². The summed E-state index contributed by atoms with van der Waals surface area (Å²) in [5, 5.41) is 2.96. The van der Waals surface area contributed by atoms with Crippen molar-refractivity contribution in [2.75, 3.05) is 0 Å². The number of benzene rings is 3. The third-order valence-electron chi connectivity index (χ3n) is 8.28. The first-order valence-corrected chi connectivity index (χ1v) is 15.9. The van der Waals surface area contributed by atoms with Gasteiger partial charge in [-0.1, -0.05) is 56.3 Å². The van der Waals surface area contributed by atoms with E-state index >= 15 is 0 Å². The van der Waals surface area contributed by atoms with Gasteiger partial charge in [0.05, 0.1) is 5.69 Å². The number of Topliss-reactive ketones (excluding diaryl/α,β-unsaturated/α-hetero) is 1. The molecule has 3 aromatic carbocycles. The van der Waals surface area contributed by atoms with E-state index < -0.39 is 6.36 Å². The fraction of sp³-hybridized carbons (Fsp3) is 0.342. The standard InChI is InChI=1S/C38H39F3N2O3/c1-4-5-12-31(35(44)13-7-6-9-26-10-8-11-30(21-26)46-38(39,40)41)32-22-28(15-14-24(32)2)29-18-19-34-33(23-29)25(3)20-36(42-34)43-37(45)27-16-17-27/h8,10-12,14-15,18-19,21-23,27H,3-7,9,13,16-17,20H2,1-2H3,(H,42,43,45)/b31-12+. The molecule has 1 aliphatic carbocycles. The van der Waals surface area contributed by atoms with Gasteiger partial charge in [-0.3, -0.25) is 9.59 Å².